The molecule has 1 aliphatic heterocycles. The Kier molecular flexibility index (Phi) is 4.68. The summed E-state index contributed by atoms with van der Waals surface area (Å²) in [7, 11) is 0. The minimum absolute atomic E-state index is 0.643. The van der Waals surface area contributed by atoms with Gasteiger partial charge in [-0.3, -0.25) is 9.98 Å². The van der Waals surface area contributed by atoms with Crippen LogP contribution in [0.3, 0.4) is 0 Å². The second-order valence-corrected chi connectivity index (χ2v) is 6.48. The van der Waals surface area contributed by atoms with Crippen molar-refractivity contribution in [2.24, 2.45) is 4.99 Å². The van der Waals surface area contributed by atoms with Gasteiger partial charge in [-0.2, -0.15) is 0 Å². The van der Waals surface area contributed by atoms with Gasteiger partial charge in [0.25, 0.3) is 0 Å². The predicted octanol–water partition coefficient (Wildman–Crippen LogP) is 4.50. The molecule has 2 aromatic rings. The number of thioether (sulfide) groups is 1. The first-order chi connectivity index (χ1) is 10.2. The van der Waals surface area contributed by atoms with Gasteiger partial charge < -0.3 is 4.90 Å². The molecule has 0 amide bonds. The predicted molar refractivity (Wildman–Crippen MR) is 91.6 cm³/mol. The van der Waals surface area contributed by atoms with E-state index >= 15 is 0 Å². The van der Waals surface area contributed by atoms with Crippen LogP contribution in [0.1, 0.15) is 5.69 Å². The Bertz CT molecular complexity index is 641. The Hall–Kier alpha value is -1.23. The number of rotatable bonds is 3. The average molecular weight is 338 g/mol. The number of anilines is 1. The van der Waals surface area contributed by atoms with Crippen LogP contribution in [0, 0.1) is 0 Å². The summed E-state index contributed by atoms with van der Waals surface area (Å²) in [6.45, 7) is 1.52. The van der Waals surface area contributed by atoms with Crippen molar-refractivity contribution in [1.82, 2.24) is 4.98 Å². The minimum Gasteiger partial charge on any atom is -0.315 e. The van der Waals surface area contributed by atoms with E-state index in [0.717, 1.165) is 33.9 Å². The van der Waals surface area contributed by atoms with E-state index in [1.165, 1.54) is 0 Å². The van der Waals surface area contributed by atoms with Crippen LogP contribution in [0.15, 0.2) is 47.6 Å². The lowest BCUT2D eigenvalue weighted by Gasteiger charge is -2.23. The smallest absolute Gasteiger partial charge is 0.164 e. The maximum absolute atomic E-state index is 5.97. The molecule has 0 spiro atoms. The molecule has 1 aromatic carbocycles. The van der Waals surface area contributed by atoms with Gasteiger partial charge in [0.2, 0.25) is 0 Å². The van der Waals surface area contributed by atoms with Crippen LogP contribution in [0.2, 0.25) is 10.0 Å². The van der Waals surface area contributed by atoms with Gasteiger partial charge in [-0.05, 0) is 36.4 Å². The van der Waals surface area contributed by atoms with Crippen LogP contribution in [0.25, 0.3) is 0 Å². The van der Waals surface area contributed by atoms with Crippen molar-refractivity contribution in [3.8, 4) is 0 Å². The van der Waals surface area contributed by atoms with Gasteiger partial charge in [0, 0.05) is 22.7 Å². The summed E-state index contributed by atoms with van der Waals surface area (Å²) in [5.74, 6) is 1.02. The molecule has 2 heterocycles. The van der Waals surface area contributed by atoms with Crippen LogP contribution in [-0.4, -0.2) is 22.4 Å². The molecule has 0 unspecified atom stereocenters. The molecule has 6 heteroatoms. The van der Waals surface area contributed by atoms with Gasteiger partial charge in [0.1, 0.15) is 0 Å². The third kappa shape index (κ3) is 3.70. The molecule has 0 radical (unpaired) electrons. The van der Waals surface area contributed by atoms with Gasteiger partial charge in [0.15, 0.2) is 5.17 Å². The highest BCUT2D eigenvalue weighted by molar-refractivity contribution is 8.14. The molecule has 0 fully saturated rings. The maximum Gasteiger partial charge on any atom is 0.164 e. The van der Waals surface area contributed by atoms with E-state index in [4.69, 9.17) is 23.2 Å². The molecular weight excluding hydrogens is 325 g/mol. The summed E-state index contributed by atoms with van der Waals surface area (Å²) in [5, 5.41) is 2.39. The monoisotopic (exact) mass is 337 g/mol. The van der Waals surface area contributed by atoms with E-state index in [-0.39, 0.29) is 0 Å². The first kappa shape index (κ1) is 14.7. The number of nitrogens with zero attached hydrogens (tertiary/aromatic N) is 3. The average Bonchev–Trinajstić information content (AvgIpc) is 3.02. The highest BCUT2D eigenvalue weighted by Gasteiger charge is 2.18. The molecule has 3 nitrogen and oxygen atoms in total. The Morgan fingerprint density at radius 3 is 2.43 bits per heavy atom. The van der Waals surface area contributed by atoms with Crippen molar-refractivity contribution in [2.45, 2.75) is 6.54 Å². The molecule has 108 valence electrons. The lowest BCUT2D eigenvalue weighted by atomic mass is 10.2. The van der Waals surface area contributed by atoms with Gasteiger partial charge in [-0.25, -0.2) is 0 Å². The number of aromatic nitrogens is 1. The lowest BCUT2D eigenvalue weighted by Crippen LogP contribution is -2.27. The normalized spacial score (nSPS) is 14.1. The van der Waals surface area contributed by atoms with Crippen molar-refractivity contribution in [3.05, 3.63) is 58.3 Å². The second-order valence-electron chi connectivity index (χ2n) is 4.54. The molecule has 3 rings (SSSR count). The Balaban J connectivity index is 1.88. The topological polar surface area (TPSA) is 28.5 Å². The molecule has 21 heavy (non-hydrogen) atoms. The lowest BCUT2D eigenvalue weighted by molar-refractivity contribution is 0.952. The molecular formula is C15H13Cl2N3S. The van der Waals surface area contributed by atoms with Crippen molar-refractivity contribution in [2.75, 3.05) is 17.2 Å². The Labute approximate surface area is 138 Å². The number of pyridine rings is 1. The van der Waals surface area contributed by atoms with Crippen LogP contribution in [0.5, 0.6) is 0 Å². The second kappa shape index (κ2) is 6.69. The van der Waals surface area contributed by atoms with Crippen molar-refractivity contribution in [3.63, 3.8) is 0 Å². The molecule has 1 aliphatic rings. The van der Waals surface area contributed by atoms with Crippen LogP contribution in [-0.2, 0) is 6.54 Å². The third-order valence-electron chi connectivity index (χ3n) is 3.05. The van der Waals surface area contributed by atoms with E-state index in [1.807, 2.05) is 36.4 Å². The van der Waals surface area contributed by atoms with E-state index in [9.17, 15) is 0 Å². The summed E-state index contributed by atoms with van der Waals surface area (Å²) < 4.78 is 0. The first-order valence-electron chi connectivity index (χ1n) is 6.53. The Morgan fingerprint density at radius 1 is 1.05 bits per heavy atom. The number of halogens is 2. The van der Waals surface area contributed by atoms with Crippen molar-refractivity contribution >= 4 is 45.8 Å². The fraction of sp³-hybridized carbons (Fsp3) is 0.200. The molecule has 0 atom stereocenters. The summed E-state index contributed by atoms with van der Waals surface area (Å²) in [4.78, 5) is 11.1. The quantitative estimate of drug-likeness (QED) is 0.825. The number of aliphatic imine (C=N–C) groups is 1. The van der Waals surface area contributed by atoms with E-state index in [0.29, 0.717) is 11.6 Å². The van der Waals surface area contributed by atoms with Gasteiger partial charge in [-0.1, -0.05) is 35.0 Å². The van der Waals surface area contributed by atoms with Gasteiger partial charge in [0.05, 0.1) is 23.8 Å². The summed E-state index contributed by atoms with van der Waals surface area (Å²) >= 11 is 13.6. The largest absolute Gasteiger partial charge is 0.315 e. The number of benzene rings is 1. The van der Waals surface area contributed by atoms with Gasteiger partial charge >= 0.3 is 0 Å². The zero-order valence-corrected chi connectivity index (χ0v) is 13.5. The van der Waals surface area contributed by atoms with Crippen LogP contribution in [0.4, 0.5) is 5.69 Å². The molecule has 0 aliphatic carbocycles. The number of hydrogen-bond donors (Lipinski definition) is 0. The van der Waals surface area contributed by atoms with Gasteiger partial charge in [-0.15, -0.1) is 0 Å². The number of hydrogen-bond acceptors (Lipinski definition) is 4. The number of amidine groups is 1. The minimum atomic E-state index is 0.643. The fourth-order valence-corrected chi connectivity index (χ4v) is 3.15. The van der Waals surface area contributed by atoms with Crippen molar-refractivity contribution < 1.29 is 0 Å². The van der Waals surface area contributed by atoms with E-state index in [2.05, 4.69) is 14.9 Å². The van der Waals surface area contributed by atoms with E-state index < -0.39 is 0 Å². The summed E-state index contributed by atoms with van der Waals surface area (Å²) in [5.41, 5.74) is 2.01. The first-order valence-corrected chi connectivity index (χ1v) is 8.27. The molecule has 0 N–H and O–H groups in total. The summed E-state index contributed by atoms with van der Waals surface area (Å²) in [6.07, 6.45) is 1.67. The Morgan fingerprint density at radius 2 is 1.81 bits per heavy atom. The third-order valence-corrected chi connectivity index (χ3v) is 4.52. The highest BCUT2D eigenvalue weighted by Crippen LogP contribution is 2.26. The molecule has 0 bridgehead atoms. The standard InChI is InChI=1S/C15H13Cl2N3S/c16-11-2-5-14(6-3-11)20(15-18-7-8-21-15)10-13-4-1-12(17)9-19-13/h1-6,9H,7-8,10H2. The van der Waals surface area contributed by atoms with Crippen molar-refractivity contribution in [1.29, 1.82) is 0 Å². The highest BCUT2D eigenvalue weighted by atomic mass is 35.5. The zero-order chi connectivity index (χ0) is 14.7. The molecule has 0 saturated heterocycles. The zero-order valence-electron chi connectivity index (χ0n) is 11.2. The van der Waals surface area contributed by atoms with Crippen LogP contribution < -0.4 is 4.90 Å². The molecule has 1 aromatic heterocycles. The van der Waals surface area contributed by atoms with E-state index in [1.54, 1.807) is 18.0 Å². The molecule has 0 saturated carbocycles. The van der Waals surface area contributed by atoms with Crippen LogP contribution >= 0.6 is 35.0 Å². The maximum atomic E-state index is 5.97. The fourth-order valence-electron chi connectivity index (χ4n) is 2.04. The SMILES string of the molecule is Clc1ccc(N(Cc2ccc(Cl)cn2)C2=NCCS2)cc1. The summed E-state index contributed by atoms with van der Waals surface area (Å²) in [6, 6.07) is 11.6.